The molecular formula is C29H38F3N3O2. The van der Waals surface area contributed by atoms with E-state index < -0.39 is 17.7 Å². The monoisotopic (exact) mass is 517 g/mol. The van der Waals surface area contributed by atoms with Crippen molar-refractivity contribution in [3.63, 3.8) is 0 Å². The van der Waals surface area contributed by atoms with E-state index in [0.29, 0.717) is 37.7 Å². The lowest BCUT2D eigenvalue weighted by Gasteiger charge is -2.38. The van der Waals surface area contributed by atoms with Crippen LogP contribution in [0.3, 0.4) is 0 Å². The van der Waals surface area contributed by atoms with Crippen LogP contribution in [0.5, 0.6) is 0 Å². The van der Waals surface area contributed by atoms with Gasteiger partial charge in [-0.05, 0) is 93.9 Å². The Hall–Kier alpha value is -2.58. The number of anilines is 1. The van der Waals surface area contributed by atoms with E-state index in [1.54, 1.807) is 4.90 Å². The van der Waals surface area contributed by atoms with Crippen molar-refractivity contribution in [2.75, 3.05) is 44.6 Å². The molecule has 2 aliphatic heterocycles. The summed E-state index contributed by atoms with van der Waals surface area (Å²) in [5.74, 6) is 0.399. The Morgan fingerprint density at radius 1 is 0.946 bits per heavy atom. The van der Waals surface area contributed by atoms with Crippen LogP contribution in [0.15, 0.2) is 48.5 Å². The van der Waals surface area contributed by atoms with Crippen molar-refractivity contribution >= 4 is 11.6 Å². The number of likely N-dealkylation sites (tertiary alicyclic amines) is 2. The molecule has 0 bridgehead atoms. The molecular weight excluding hydrogens is 479 g/mol. The van der Waals surface area contributed by atoms with E-state index in [1.165, 1.54) is 13.8 Å². The minimum absolute atomic E-state index is 0.0419. The topological polar surface area (TPSA) is 55.8 Å². The quantitative estimate of drug-likeness (QED) is 0.498. The lowest BCUT2D eigenvalue weighted by Crippen LogP contribution is -2.46. The van der Waals surface area contributed by atoms with E-state index in [4.69, 9.17) is 0 Å². The Labute approximate surface area is 217 Å². The SMILES string of the molecule is CC(C)(CN1CCC(CNc2ccc(-c3ccc(C(=O)N4CCC[C@H](O)C4)cc3)cc2)CC1)C(F)(F)F. The maximum atomic E-state index is 13.2. The summed E-state index contributed by atoms with van der Waals surface area (Å²) in [5, 5.41) is 13.3. The van der Waals surface area contributed by atoms with Crippen molar-refractivity contribution in [3.05, 3.63) is 54.1 Å². The Kier molecular flexibility index (Phi) is 8.49. The highest BCUT2D eigenvalue weighted by Gasteiger charge is 2.48. The van der Waals surface area contributed by atoms with Gasteiger partial charge in [-0.3, -0.25) is 4.79 Å². The number of aliphatic hydroxyl groups excluding tert-OH is 1. The van der Waals surface area contributed by atoms with Crippen LogP contribution in [0.4, 0.5) is 18.9 Å². The second-order valence-electron chi connectivity index (χ2n) is 11.2. The van der Waals surface area contributed by atoms with Crippen LogP contribution >= 0.6 is 0 Å². The number of β-amino-alcohol motifs (C(OH)–C–C–N with tert-alkyl or cyclic N) is 1. The zero-order chi connectivity index (χ0) is 26.6. The van der Waals surface area contributed by atoms with Gasteiger partial charge in [0.15, 0.2) is 0 Å². The Balaban J connectivity index is 1.24. The van der Waals surface area contributed by atoms with Gasteiger partial charge < -0.3 is 20.2 Å². The van der Waals surface area contributed by atoms with E-state index >= 15 is 0 Å². The van der Waals surface area contributed by atoms with Gasteiger partial charge >= 0.3 is 6.18 Å². The first-order valence-electron chi connectivity index (χ1n) is 13.2. The smallest absolute Gasteiger partial charge is 0.391 e. The van der Waals surface area contributed by atoms with Crippen LogP contribution < -0.4 is 5.32 Å². The molecule has 0 aliphatic carbocycles. The molecule has 2 fully saturated rings. The van der Waals surface area contributed by atoms with Gasteiger partial charge in [-0.1, -0.05) is 24.3 Å². The number of benzene rings is 2. The molecule has 2 aliphatic rings. The largest absolute Gasteiger partial charge is 0.395 e. The lowest BCUT2D eigenvalue weighted by atomic mass is 9.89. The average molecular weight is 518 g/mol. The van der Waals surface area contributed by atoms with Crippen molar-refractivity contribution < 1.29 is 23.1 Å². The summed E-state index contributed by atoms with van der Waals surface area (Å²) < 4.78 is 39.5. The van der Waals surface area contributed by atoms with E-state index in [0.717, 1.165) is 49.0 Å². The first-order chi connectivity index (χ1) is 17.5. The number of alkyl halides is 3. The minimum atomic E-state index is -4.19. The number of nitrogens with one attached hydrogen (secondary N) is 1. The third kappa shape index (κ3) is 7.05. The van der Waals surface area contributed by atoms with Crippen LogP contribution in [0.25, 0.3) is 11.1 Å². The lowest BCUT2D eigenvalue weighted by molar-refractivity contribution is -0.217. The summed E-state index contributed by atoms with van der Waals surface area (Å²) in [6.07, 6.45) is -1.27. The van der Waals surface area contributed by atoms with Crippen molar-refractivity contribution in [2.24, 2.45) is 11.3 Å². The van der Waals surface area contributed by atoms with Crippen molar-refractivity contribution in [1.29, 1.82) is 0 Å². The number of aliphatic hydroxyl groups is 1. The molecule has 1 amide bonds. The van der Waals surface area contributed by atoms with E-state index in [9.17, 15) is 23.1 Å². The molecule has 37 heavy (non-hydrogen) atoms. The van der Waals surface area contributed by atoms with Gasteiger partial charge in [-0.2, -0.15) is 13.2 Å². The molecule has 2 N–H and O–H groups in total. The predicted molar refractivity (Wildman–Crippen MR) is 141 cm³/mol. The Bertz CT molecular complexity index is 1030. The number of hydrogen-bond donors (Lipinski definition) is 2. The van der Waals surface area contributed by atoms with Crippen LogP contribution in [0.1, 0.15) is 49.9 Å². The summed E-state index contributed by atoms with van der Waals surface area (Å²) in [5.41, 5.74) is 2.03. The van der Waals surface area contributed by atoms with E-state index in [1.807, 2.05) is 53.4 Å². The minimum Gasteiger partial charge on any atom is -0.391 e. The summed E-state index contributed by atoms with van der Waals surface area (Å²) in [4.78, 5) is 16.4. The molecule has 5 nitrogen and oxygen atoms in total. The molecule has 202 valence electrons. The predicted octanol–water partition coefficient (Wildman–Crippen LogP) is 5.66. The summed E-state index contributed by atoms with van der Waals surface area (Å²) >= 11 is 0. The van der Waals surface area contributed by atoms with E-state index in [2.05, 4.69) is 5.32 Å². The maximum absolute atomic E-state index is 13.2. The number of carbonyl (C=O) groups is 1. The van der Waals surface area contributed by atoms with Crippen LogP contribution in [-0.2, 0) is 0 Å². The molecule has 2 aromatic carbocycles. The summed E-state index contributed by atoms with van der Waals surface area (Å²) in [6.45, 7) is 5.88. The molecule has 4 rings (SSSR count). The fourth-order valence-electron chi connectivity index (χ4n) is 5.17. The number of amides is 1. The fourth-order valence-corrected chi connectivity index (χ4v) is 5.17. The van der Waals surface area contributed by atoms with Crippen LogP contribution in [-0.4, -0.2) is 72.4 Å². The Morgan fingerprint density at radius 2 is 1.54 bits per heavy atom. The molecule has 0 radical (unpaired) electrons. The highest BCUT2D eigenvalue weighted by atomic mass is 19.4. The molecule has 0 spiro atoms. The molecule has 0 saturated carbocycles. The summed E-state index contributed by atoms with van der Waals surface area (Å²) in [7, 11) is 0. The molecule has 8 heteroatoms. The summed E-state index contributed by atoms with van der Waals surface area (Å²) in [6, 6.07) is 15.7. The molecule has 0 aromatic heterocycles. The molecule has 2 aromatic rings. The molecule has 1 atom stereocenters. The van der Waals surface area contributed by atoms with Crippen molar-refractivity contribution in [3.8, 4) is 11.1 Å². The first kappa shape index (κ1) is 27.5. The van der Waals surface area contributed by atoms with Crippen molar-refractivity contribution in [1.82, 2.24) is 9.80 Å². The number of nitrogens with zero attached hydrogens (tertiary/aromatic N) is 2. The maximum Gasteiger partial charge on any atom is 0.395 e. The highest BCUT2D eigenvalue weighted by molar-refractivity contribution is 5.94. The van der Waals surface area contributed by atoms with Gasteiger partial charge in [-0.15, -0.1) is 0 Å². The second-order valence-corrected chi connectivity index (χ2v) is 11.2. The number of piperidine rings is 2. The van der Waals surface area contributed by atoms with Gasteiger partial charge in [0, 0.05) is 37.4 Å². The van der Waals surface area contributed by atoms with Crippen molar-refractivity contribution in [2.45, 2.75) is 51.8 Å². The number of rotatable bonds is 7. The van der Waals surface area contributed by atoms with Gasteiger partial charge in [0.25, 0.3) is 5.91 Å². The third-order valence-electron chi connectivity index (χ3n) is 7.72. The van der Waals surface area contributed by atoms with Gasteiger partial charge in [0.2, 0.25) is 0 Å². The van der Waals surface area contributed by atoms with E-state index in [-0.39, 0.29) is 12.5 Å². The molecule has 0 unspecified atom stereocenters. The third-order valence-corrected chi connectivity index (χ3v) is 7.72. The number of carbonyl (C=O) groups excluding carboxylic acids is 1. The molecule has 2 saturated heterocycles. The first-order valence-corrected chi connectivity index (χ1v) is 13.2. The standard InChI is InChI=1S/C29H38F3N3O2/c1-28(2,29(30,31)32)20-34-16-13-21(14-17-34)18-33-25-11-9-23(10-12-25)22-5-7-24(8-6-22)27(37)35-15-3-4-26(36)19-35/h5-12,21,26,33,36H,3-4,13-20H2,1-2H3/t26-/m0/s1. The Morgan fingerprint density at radius 3 is 2.11 bits per heavy atom. The number of halogens is 3. The van der Waals surface area contributed by atoms with Gasteiger partial charge in [0.05, 0.1) is 11.5 Å². The molecule has 2 heterocycles. The zero-order valence-corrected chi connectivity index (χ0v) is 21.7. The van der Waals surface area contributed by atoms with Gasteiger partial charge in [-0.25, -0.2) is 0 Å². The van der Waals surface area contributed by atoms with Crippen LogP contribution in [0, 0.1) is 11.3 Å². The van der Waals surface area contributed by atoms with Crippen LogP contribution in [0.2, 0.25) is 0 Å². The van der Waals surface area contributed by atoms with Gasteiger partial charge in [0.1, 0.15) is 0 Å². The highest BCUT2D eigenvalue weighted by Crippen LogP contribution is 2.38. The fraction of sp³-hybridized carbons (Fsp3) is 0.552. The average Bonchev–Trinajstić information content (AvgIpc) is 2.87. The zero-order valence-electron chi connectivity index (χ0n) is 21.7. The normalized spacial score (nSPS) is 20.2. The second kappa shape index (κ2) is 11.4. The number of hydrogen-bond acceptors (Lipinski definition) is 4.